The minimum Gasteiger partial charge on any atom is -0.476 e. The van der Waals surface area contributed by atoms with Crippen molar-refractivity contribution >= 4 is 5.97 Å². The zero-order chi connectivity index (χ0) is 12.8. The molecule has 0 atom stereocenters. The van der Waals surface area contributed by atoms with Crippen molar-refractivity contribution in [2.75, 3.05) is 0 Å². The van der Waals surface area contributed by atoms with Gasteiger partial charge < -0.3 is 14.9 Å². The molecule has 1 aromatic heterocycles. The fourth-order valence-corrected chi connectivity index (χ4v) is 2.41. The lowest BCUT2D eigenvalue weighted by molar-refractivity contribution is 0.0685. The molecule has 17 heavy (non-hydrogen) atoms. The number of nitrogens with zero attached hydrogens (tertiary/aromatic N) is 1. The highest BCUT2D eigenvalue weighted by atomic mass is 16.5. The minimum absolute atomic E-state index is 0.0453. The summed E-state index contributed by atoms with van der Waals surface area (Å²) < 4.78 is 4.95. The van der Waals surface area contributed by atoms with Crippen LogP contribution in [0.3, 0.4) is 0 Å². The van der Waals surface area contributed by atoms with Gasteiger partial charge in [0.15, 0.2) is 11.5 Å². The third kappa shape index (κ3) is 1.84. The second kappa shape index (κ2) is 3.57. The van der Waals surface area contributed by atoms with E-state index in [4.69, 9.17) is 9.63 Å². The Hall–Kier alpha value is -1.36. The number of hydrogen-bond donors (Lipinski definition) is 2. The zero-order valence-electron chi connectivity index (χ0n) is 10.6. The predicted molar refractivity (Wildman–Crippen MR) is 61.7 cm³/mol. The van der Waals surface area contributed by atoms with Gasteiger partial charge in [-0.15, -0.1) is 0 Å². The molecular formula is C12H18N2O3. The first-order valence-corrected chi connectivity index (χ1v) is 5.69. The van der Waals surface area contributed by atoms with Crippen molar-refractivity contribution in [1.82, 2.24) is 10.5 Å². The summed E-state index contributed by atoms with van der Waals surface area (Å²) in [6.07, 6.45) is 0. The van der Waals surface area contributed by atoms with Crippen LogP contribution in [0.1, 0.15) is 43.9 Å². The molecule has 0 amide bonds. The molecule has 0 aliphatic heterocycles. The summed E-state index contributed by atoms with van der Waals surface area (Å²) >= 11 is 0. The van der Waals surface area contributed by atoms with E-state index in [1.54, 1.807) is 0 Å². The van der Waals surface area contributed by atoms with Crippen molar-refractivity contribution in [3.63, 3.8) is 0 Å². The van der Waals surface area contributed by atoms with Crippen LogP contribution in [0.25, 0.3) is 0 Å². The summed E-state index contributed by atoms with van der Waals surface area (Å²) in [5.41, 5.74) is 0.460. The van der Waals surface area contributed by atoms with Crippen molar-refractivity contribution in [1.29, 1.82) is 0 Å². The molecule has 2 N–H and O–H groups in total. The average molecular weight is 238 g/mol. The highest BCUT2D eigenvalue weighted by Gasteiger charge is 2.64. The molecule has 1 aliphatic carbocycles. The van der Waals surface area contributed by atoms with Crippen LogP contribution in [0, 0.1) is 10.8 Å². The Bertz CT molecular complexity index is 434. The van der Waals surface area contributed by atoms with Crippen molar-refractivity contribution < 1.29 is 14.4 Å². The Kier molecular flexibility index (Phi) is 2.54. The number of hydrogen-bond acceptors (Lipinski definition) is 4. The van der Waals surface area contributed by atoms with Crippen molar-refractivity contribution in [3.8, 4) is 0 Å². The topological polar surface area (TPSA) is 75.4 Å². The van der Waals surface area contributed by atoms with Crippen LogP contribution < -0.4 is 5.32 Å². The minimum atomic E-state index is -1.06. The molecule has 2 rings (SSSR count). The molecule has 0 unspecified atom stereocenters. The first kappa shape index (κ1) is 12.1. The lowest BCUT2D eigenvalue weighted by Crippen LogP contribution is -2.21. The van der Waals surface area contributed by atoms with Crippen LogP contribution in [0.5, 0.6) is 0 Å². The molecule has 0 radical (unpaired) electrons. The van der Waals surface area contributed by atoms with Gasteiger partial charge >= 0.3 is 5.97 Å². The van der Waals surface area contributed by atoms with Crippen LogP contribution in [0.2, 0.25) is 0 Å². The summed E-state index contributed by atoms with van der Waals surface area (Å²) in [4.78, 5) is 10.6. The molecule has 0 saturated heterocycles. The highest BCUT2D eigenvalue weighted by molar-refractivity contribution is 5.85. The molecule has 1 heterocycles. The van der Waals surface area contributed by atoms with E-state index >= 15 is 0 Å². The third-order valence-electron chi connectivity index (χ3n) is 4.28. The van der Waals surface area contributed by atoms with Gasteiger partial charge in [-0.25, -0.2) is 4.79 Å². The summed E-state index contributed by atoms with van der Waals surface area (Å²) in [6, 6.07) is 1.87. The molecule has 5 nitrogen and oxygen atoms in total. The number of rotatable bonds is 4. The van der Waals surface area contributed by atoms with Gasteiger partial charge in [0.05, 0.1) is 6.54 Å². The average Bonchev–Trinajstić information content (AvgIpc) is 2.58. The molecule has 94 valence electrons. The van der Waals surface area contributed by atoms with Gasteiger partial charge in [-0.05, 0) is 10.8 Å². The fourth-order valence-electron chi connectivity index (χ4n) is 2.41. The SMILES string of the molecule is CC1(C)C(NCc2cc(C(=O)O)no2)C1(C)C. The molecule has 1 fully saturated rings. The number of carboxylic acids is 1. The molecule has 0 bridgehead atoms. The van der Waals surface area contributed by atoms with E-state index in [0.29, 0.717) is 18.3 Å². The summed E-state index contributed by atoms with van der Waals surface area (Å²) in [7, 11) is 0. The van der Waals surface area contributed by atoms with Crippen LogP contribution >= 0.6 is 0 Å². The summed E-state index contributed by atoms with van der Waals surface area (Å²) in [6.45, 7) is 9.38. The van der Waals surface area contributed by atoms with Gasteiger partial charge in [0.25, 0.3) is 0 Å². The second-order valence-corrected chi connectivity index (χ2v) is 5.74. The lowest BCUT2D eigenvalue weighted by Gasteiger charge is -2.03. The largest absolute Gasteiger partial charge is 0.476 e. The molecule has 1 aromatic rings. The summed E-state index contributed by atoms with van der Waals surface area (Å²) in [5, 5.41) is 15.6. The number of carboxylic acid groups (broad SMARTS) is 1. The number of aromatic carboxylic acids is 1. The predicted octanol–water partition coefficient (Wildman–Crippen LogP) is 1.90. The van der Waals surface area contributed by atoms with Crippen molar-refractivity contribution in [2.24, 2.45) is 10.8 Å². The highest BCUT2D eigenvalue weighted by Crippen LogP contribution is 2.62. The Morgan fingerprint density at radius 3 is 2.47 bits per heavy atom. The van der Waals surface area contributed by atoms with Crippen LogP contribution in [0.4, 0.5) is 0 Å². The van der Waals surface area contributed by atoms with E-state index in [-0.39, 0.29) is 16.5 Å². The Balaban J connectivity index is 1.93. The number of carbonyl (C=O) groups is 1. The van der Waals surface area contributed by atoms with E-state index in [9.17, 15) is 4.79 Å². The monoisotopic (exact) mass is 238 g/mol. The fraction of sp³-hybridized carbons (Fsp3) is 0.667. The first-order chi connectivity index (χ1) is 7.76. The maximum absolute atomic E-state index is 10.6. The van der Waals surface area contributed by atoms with E-state index in [2.05, 4.69) is 38.2 Å². The summed E-state index contributed by atoms with van der Waals surface area (Å²) in [5.74, 6) is -0.506. The van der Waals surface area contributed by atoms with Crippen LogP contribution in [-0.2, 0) is 6.54 Å². The number of nitrogens with one attached hydrogen (secondary N) is 1. The Morgan fingerprint density at radius 2 is 2.06 bits per heavy atom. The van der Waals surface area contributed by atoms with Gasteiger partial charge in [0.1, 0.15) is 0 Å². The smallest absolute Gasteiger partial charge is 0.358 e. The maximum Gasteiger partial charge on any atom is 0.358 e. The van der Waals surface area contributed by atoms with Crippen molar-refractivity contribution in [3.05, 3.63) is 17.5 Å². The van der Waals surface area contributed by atoms with Gasteiger partial charge in [-0.3, -0.25) is 0 Å². The van der Waals surface area contributed by atoms with Gasteiger partial charge in [0, 0.05) is 12.1 Å². The molecule has 0 aromatic carbocycles. The maximum atomic E-state index is 10.6. The molecular weight excluding hydrogens is 220 g/mol. The lowest BCUT2D eigenvalue weighted by atomic mass is 10.0. The molecule has 0 spiro atoms. The molecule has 5 heteroatoms. The van der Waals surface area contributed by atoms with E-state index in [1.807, 2.05) is 0 Å². The normalized spacial score (nSPS) is 21.4. The number of aromatic nitrogens is 1. The van der Waals surface area contributed by atoms with Gasteiger partial charge in [-0.1, -0.05) is 32.9 Å². The van der Waals surface area contributed by atoms with E-state index < -0.39 is 5.97 Å². The Morgan fingerprint density at radius 1 is 1.47 bits per heavy atom. The second-order valence-electron chi connectivity index (χ2n) is 5.74. The van der Waals surface area contributed by atoms with E-state index in [0.717, 1.165) is 0 Å². The van der Waals surface area contributed by atoms with Crippen LogP contribution in [-0.4, -0.2) is 22.3 Å². The zero-order valence-corrected chi connectivity index (χ0v) is 10.6. The van der Waals surface area contributed by atoms with Crippen molar-refractivity contribution in [2.45, 2.75) is 40.3 Å². The van der Waals surface area contributed by atoms with Gasteiger partial charge in [-0.2, -0.15) is 0 Å². The Labute approximate surface area is 100 Å². The molecule has 1 aliphatic rings. The standard InChI is InChI=1S/C12H18N2O3/c1-11(2)10(12(11,3)4)13-6-7-5-8(9(15)16)14-17-7/h5,10,13H,6H2,1-4H3,(H,15,16). The van der Waals surface area contributed by atoms with Gasteiger partial charge in [0.2, 0.25) is 0 Å². The van der Waals surface area contributed by atoms with E-state index in [1.165, 1.54) is 6.07 Å². The molecule has 1 saturated carbocycles. The quantitative estimate of drug-likeness (QED) is 0.837. The third-order valence-corrected chi connectivity index (χ3v) is 4.28. The first-order valence-electron chi connectivity index (χ1n) is 5.69. The van der Waals surface area contributed by atoms with Crippen LogP contribution in [0.15, 0.2) is 10.6 Å².